The van der Waals surface area contributed by atoms with Crippen LogP contribution in [0.3, 0.4) is 0 Å². The normalized spacial score (nSPS) is 13.6. The highest BCUT2D eigenvalue weighted by Crippen LogP contribution is 2.41. The molecular formula is C40H46F2N7O7S+. The molecule has 2 amide bonds. The number of esters is 1. The second-order valence-corrected chi connectivity index (χ2v) is 15.5. The maximum Gasteiger partial charge on any atom is 0.418 e. The lowest BCUT2D eigenvalue weighted by Gasteiger charge is -2.32. The number of thiazole rings is 1. The Hall–Kier alpha value is -5.81. The lowest BCUT2D eigenvalue weighted by molar-refractivity contribution is -0.753. The minimum absolute atomic E-state index is 0.160. The highest BCUT2D eigenvalue weighted by molar-refractivity contribution is 7.10. The van der Waals surface area contributed by atoms with E-state index >= 15 is 4.39 Å². The molecule has 0 spiro atoms. The number of ether oxygens (including phenoxy) is 3. The van der Waals surface area contributed by atoms with E-state index in [2.05, 4.69) is 10.1 Å². The molecule has 0 saturated carbocycles. The molecule has 0 aliphatic heterocycles. The topological polar surface area (TPSA) is 153 Å². The SMILES string of the molecule is Cc1ccc(-c2csc([C@H](C)[C@](O)(Cn3c[n+](C(C)OC(=O)N(C)c4ncccc4COC(=O)CN(C)C(=O)OC(C)(C)C)cn3)c3cc(F)ccc3F)n2)cc1. The summed E-state index contributed by atoms with van der Waals surface area (Å²) in [6, 6.07) is 14.0. The van der Waals surface area contributed by atoms with Gasteiger partial charge in [0.15, 0.2) is 0 Å². The molecule has 0 fully saturated rings. The molecular weight excluding hydrogens is 761 g/mol. The molecule has 2 aromatic carbocycles. The number of amides is 2. The number of benzene rings is 2. The van der Waals surface area contributed by atoms with Crippen LogP contribution in [0.5, 0.6) is 0 Å². The van der Waals surface area contributed by atoms with Crippen molar-refractivity contribution in [3.05, 3.63) is 112 Å². The monoisotopic (exact) mass is 806 g/mol. The van der Waals surface area contributed by atoms with Crippen molar-refractivity contribution in [3.63, 3.8) is 0 Å². The predicted octanol–water partition coefficient (Wildman–Crippen LogP) is 6.67. The minimum atomic E-state index is -2.03. The second-order valence-electron chi connectivity index (χ2n) is 14.6. The van der Waals surface area contributed by atoms with Crippen LogP contribution >= 0.6 is 11.3 Å². The largest absolute Gasteiger partial charge is 0.459 e. The Labute approximate surface area is 333 Å². The van der Waals surface area contributed by atoms with Gasteiger partial charge in [0.1, 0.15) is 48.4 Å². The standard InChI is InChI=1S/C40H46F2N7O7S/c1-25-11-13-28(14-12-25)33-21-57-36(45-33)26(2)40(53,31-18-30(41)15-16-32(31)42)22-49-24-48(23-44-49)27(3)55-38(52)47(8)35-29(10-9-17-43-35)20-54-34(50)19-46(7)37(51)56-39(4,5)6/h9-18,21,23-24,26-27,53H,19-20,22H2,1-8H3/q+1/t26-,27?,40+/m0/s1. The molecule has 0 aliphatic carbocycles. The molecule has 1 N–H and O–H groups in total. The van der Waals surface area contributed by atoms with Gasteiger partial charge in [0.25, 0.3) is 6.33 Å². The molecule has 3 heterocycles. The number of likely N-dealkylation sites (N-methyl/N-ethyl adjacent to an activating group) is 1. The van der Waals surface area contributed by atoms with E-state index in [1.807, 2.05) is 36.6 Å². The van der Waals surface area contributed by atoms with E-state index in [4.69, 9.17) is 19.2 Å². The van der Waals surface area contributed by atoms with Gasteiger partial charge in [-0.3, -0.25) is 9.69 Å². The third-order valence-electron chi connectivity index (χ3n) is 8.96. The number of aromatic nitrogens is 5. The fourth-order valence-electron chi connectivity index (χ4n) is 5.71. The van der Waals surface area contributed by atoms with E-state index in [-0.39, 0.29) is 31.1 Å². The van der Waals surface area contributed by atoms with E-state index in [0.717, 1.165) is 39.1 Å². The summed E-state index contributed by atoms with van der Waals surface area (Å²) in [6.07, 6.45) is 1.86. The summed E-state index contributed by atoms with van der Waals surface area (Å²) in [5.74, 6) is -2.89. The van der Waals surface area contributed by atoms with Crippen molar-refractivity contribution in [1.82, 2.24) is 24.6 Å². The fourth-order valence-corrected chi connectivity index (χ4v) is 6.68. The first-order chi connectivity index (χ1) is 26.8. The van der Waals surface area contributed by atoms with Gasteiger partial charge in [-0.05, 0) is 52.0 Å². The average molecular weight is 807 g/mol. The van der Waals surface area contributed by atoms with Crippen LogP contribution in [-0.2, 0) is 37.8 Å². The zero-order chi connectivity index (χ0) is 41.7. The van der Waals surface area contributed by atoms with Crippen molar-refractivity contribution >= 4 is 35.3 Å². The number of carbonyl (C=O) groups excluding carboxylic acids is 3. The Bertz CT molecular complexity index is 2210. The Morgan fingerprint density at radius 1 is 1.04 bits per heavy atom. The lowest BCUT2D eigenvalue weighted by Crippen LogP contribution is -2.42. The van der Waals surface area contributed by atoms with Gasteiger partial charge in [-0.25, -0.2) is 28.3 Å². The predicted molar refractivity (Wildman–Crippen MR) is 206 cm³/mol. The van der Waals surface area contributed by atoms with Gasteiger partial charge < -0.3 is 24.2 Å². The third kappa shape index (κ3) is 10.5. The quantitative estimate of drug-likeness (QED) is 0.0776. The summed E-state index contributed by atoms with van der Waals surface area (Å²) in [6.45, 7) is 9.46. The van der Waals surface area contributed by atoms with Crippen LogP contribution in [-0.4, -0.2) is 74.2 Å². The van der Waals surface area contributed by atoms with Crippen molar-refractivity contribution in [2.75, 3.05) is 25.5 Å². The molecule has 302 valence electrons. The van der Waals surface area contributed by atoms with Gasteiger partial charge in [-0.2, -0.15) is 4.57 Å². The summed E-state index contributed by atoms with van der Waals surface area (Å²) in [7, 11) is 2.85. The Kier molecular flexibility index (Phi) is 13.0. The van der Waals surface area contributed by atoms with Gasteiger partial charge in [0.05, 0.1) is 10.7 Å². The second kappa shape index (κ2) is 17.5. The molecule has 3 aromatic heterocycles. The molecule has 0 radical (unpaired) electrons. The van der Waals surface area contributed by atoms with E-state index in [9.17, 15) is 23.9 Å². The van der Waals surface area contributed by atoms with Crippen LogP contribution in [0.25, 0.3) is 11.3 Å². The zero-order valence-corrected chi connectivity index (χ0v) is 33.8. The maximum atomic E-state index is 15.4. The van der Waals surface area contributed by atoms with E-state index in [0.29, 0.717) is 16.3 Å². The van der Waals surface area contributed by atoms with E-state index in [1.165, 1.54) is 53.5 Å². The Morgan fingerprint density at radius 3 is 2.46 bits per heavy atom. The third-order valence-corrected chi connectivity index (χ3v) is 9.99. The first-order valence-corrected chi connectivity index (χ1v) is 18.8. The first kappa shape index (κ1) is 42.3. The Balaban J connectivity index is 1.28. The van der Waals surface area contributed by atoms with Crippen molar-refractivity contribution in [1.29, 1.82) is 0 Å². The molecule has 1 unspecified atom stereocenters. The molecule has 0 aliphatic rings. The number of rotatable bonds is 13. The summed E-state index contributed by atoms with van der Waals surface area (Å²) in [5, 5.41) is 19.0. The van der Waals surface area contributed by atoms with Gasteiger partial charge in [-0.1, -0.05) is 42.8 Å². The van der Waals surface area contributed by atoms with Crippen molar-refractivity contribution < 1.29 is 47.0 Å². The van der Waals surface area contributed by atoms with Crippen LogP contribution in [0.4, 0.5) is 24.2 Å². The van der Waals surface area contributed by atoms with Crippen LogP contribution in [0, 0.1) is 18.6 Å². The molecule has 17 heteroatoms. The van der Waals surface area contributed by atoms with Crippen molar-refractivity contribution in [3.8, 4) is 11.3 Å². The average Bonchev–Trinajstić information content (AvgIpc) is 3.84. The molecule has 5 aromatic rings. The number of aliphatic hydroxyl groups is 1. The summed E-state index contributed by atoms with van der Waals surface area (Å²) in [4.78, 5) is 49.4. The first-order valence-electron chi connectivity index (χ1n) is 18.0. The Morgan fingerprint density at radius 2 is 1.75 bits per heavy atom. The van der Waals surface area contributed by atoms with Gasteiger partial charge in [0.2, 0.25) is 12.6 Å². The molecule has 57 heavy (non-hydrogen) atoms. The molecule has 14 nitrogen and oxygen atoms in total. The smallest absolute Gasteiger partial charge is 0.418 e. The molecule has 0 saturated heterocycles. The molecule has 0 bridgehead atoms. The number of nitrogens with zero attached hydrogens (tertiary/aromatic N) is 7. The zero-order valence-electron chi connectivity index (χ0n) is 33.0. The number of anilines is 1. The summed E-state index contributed by atoms with van der Waals surface area (Å²) in [5.41, 5.74) is 0.0133. The van der Waals surface area contributed by atoms with Crippen molar-refractivity contribution in [2.45, 2.75) is 78.0 Å². The lowest BCUT2D eigenvalue weighted by atomic mass is 9.82. The van der Waals surface area contributed by atoms with E-state index in [1.54, 1.807) is 46.8 Å². The number of aryl methyl sites for hydroxylation is 1. The van der Waals surface area contributed by atoms with Crippen molar-refractivity contribution in [2.24, 2.45) is 0 Å². The molecule has 3 atom stereocenters. The van der Waals surface area contributed by atoms with Crippen LogP contribution in [0.2, 0.25) is 0 Å². The van der Waals surface area contributed by atoms with Crippen LogP contribution < -0.4 is 9.47 Å². The number of carbonyl (C=O) groups is 3. The number of halogens is 2. The molecule has 5 rings (SSSR count). The van der Waals surface area contributed by atoms with Gasteiger partial charge in [-0.15, -0.1) is 16.0 Å². The minimum Gasteiger partial charge on any atom is -0.459 e. The van der Waals surface area contributed by atoms with Crippen LogP contribution in [0.1, 0.15) is 68.5 Å². The number of pyridine rings is 1. The summed E-state index contributed by atoms with van der Waals surface area (Å²) >= 11 is 1.29. The van der Waals surface area contributed by atoms with Gasteiger partial charge >= 0.3 is 18.2 Å². The van der Waals surface area contributed by atoms with E-state index < -0.39 is 53.1 Å². The number of hydrogen-bond donors (Lipinski definition) is 1. The number of hydrogen-bond acceptors (Lipinski definition) is 11. The van der Waals surface area contributed by atoms with Crippen LogP contribution in [0.15, 0.2) is 78.8 Å². The summed E-state index contributed by atoms with van der Waals surface area (Å²) < 4.78 is 49.1. The highest BCUT2D eigenvalue weighted by atomic mass is 32.1. The fraction of sp³-hybridized carbons (Fsp3) is 0.375. The maximum absolute atomic E-state index is 15.4. The highest BCUT2D eigenvalue weighted by Gasteiger charge is 2.43. The van der Waals surface area contributed by atoms with Gasteiger partial charge in [0, 0.05) is 60.3 Å².